The van der Waals surface area contributed by atoms with Crippen LogP contribution < -0.4 is 9.80 Å². The molecule has 0 spiro atoms. The van der Waals surface area contributed by atoms with Crippen LogP contribution in [-0.4, -0.2) is 0 Å². The summed E-state index contributed by atoms with van der Waals surface area (Å²) in [4.78, 5) is 4.85. The molecule has 0 amide bonds. The van der Waals surface area contributed by atoms with Crippen molar-refractivity contribution in [3.8, 4) is 11.1 Å². The van der Waals surface area contributed by atoms with E-state index < -0.39 is 0 Å². The minimum absolute atomic E-state index is 0.0134. The lowest BCUT2D eigenvalue weighted by Gasteiger charge is -2.34. The molecule has 3 aliphatic rings. The lowest BCUT2D eigenvalue weighted by Crippen LogP contribution is -2.18. The van der Waals surface area contributed by atoms with Crippen molar-refractivity contribution < 1.29 is 0 Å². The number of anilines is 6. The van der Waals surface area contributed by atoms with E-state index in [1.165, 1.54) is 72.0 Å². The lowest BCUT2D eigenvalue weighted by molar-refractivity contribution is 0.627. The molecule has 0 bridgehead atoms. The number of hydrogen-bond acceptors (Lipinski definition) is 2. The zero-order chi connectivity index (χ0) is 34.0. The first-order chi connectivity index (χ1) is 24.6. The molecule has 0 aromatic heterocycles. The van der Waals surface area contributed by atoms with Crippen LogP contribution in [0.25, 0.3) is 38.2 Å². The number of nitrogens with zero attached hydrogens (tertiary/aromatic N) is 2. The quantitative estimate of drug-likeness (QED) is 0.188. The predicted octanol–water partition coefficient (Wildman–Crippen LogP) is 13.9. The highest BCUT2D eigenvalue weighted by molar-refractivity contribution is 6.19. The molecule has 0 unspecified atom stereocenters. The van der Waals surface area contributed by atoms with Gasteiger partial charge in [-0.3, -0.25) is 0 Å². The second-order valence-electron chi connectivity index (χ2n) is 13.7. The number of benzene rings is 7. The Kier molecular flexibility index (Phi) is 7.03. The molecule has 0 N–H and O–H groups in total. The fraction of sp³-hybridized carbons (Fsp3) is 0.125. The Balaban J connectivity index is 0.00000165. The Labute approximate surface area is 295 Å². The summed E-state index contributed by atoms with van der Waals surface area (Å²) in [5.74, 6) is 0. The van der Waals surface area contributed by atoms with Gasteiger partial charge in [0.2, 0.25) is 0 Å². The number of allylic oxidation sites excluding steroid dienone is 4. The van der Waals surface area contributed by atoms with Gasteiger partial charge in [0.1, 0.15) is 0 Å². The molecule has 2 nitrogen and oxygen atoms in total. The fourth-order valence-corrected chi connectivity index (χ4v) is 8.56. The van der Waals surface area contributed by atoms with E-state index in [1.54, 1.807) is 0 Å². The van der Waals surface area contributed by atoms with Gasteiger partial charge in [-0.25, -0.2) is 0 Å². The van der Waals surface area contributed by atoms with Gasteiger partial charge in [-0.1, -0.05) is 125 Å². The van der Waals surface area contributed by atoms with Crippen molar-refractivity contribution in [2.45, 2.75) is 39.5 Å². The van der Waals surface area contributed by atoms with Crippen molar-refractivity contribution in [3.63, 3.8) is 0 Å². The van der Waals surface area contributed by atoms with Gasteiger partial charge in [0.15, 0.2) is 0 Å². The van der Waals surface area contributed by atoms with Crippen LogP contribution in [-0.2, 0) is 5.41 Å². The van der Waals surface area contributed by atoms with Gasteiger partial charge >= 0.3 is 0 Å². The SMILES string of the molecule is CC.CC1(C)C2=C(C=CC2)c2ccc(N(c3ccccc3)c3ccc(N4c5ccc6ccccc6c5-c5cccc6cccc4c56)cc3)cc21. The summed E-state index contributed by atoms with van der Waals surface area (Å²) in [6.45, 7) is 8.76. The Morgan fingerprint density at radius 3 is 2.10 bits per heavy atom. The van der Waals surface area contributed by atoms with Crippen LogP contribution in [0.15, 0.2) is 163 Å². The zero-order valence-electron chi connectivity index (χ0n) is 29.1. The molecule has 0 radical (unpaired) electrons. The van der Waals surface area contributed by atoms with Gasteiger partial charge in [-0.2, -0.15) is 0 Å². The smallest absolute Gasteiger partial charge is 0.0547 e. The van der Waals surface area contributed by atoms with E-state index in [4.69, 9.17) is 0 Å². The molecule has 0 saturated heterocycles. The molecule has 50 heavy (non-hydrogen) atoms. The van der Waals surface area contributed by atoms with Crippen molar-refractivity contribution in [3.05, 3.63) is 174 Å². The monoisotopic (exact) mass is 644 g/mol. The molecular formula is C48H40N2. The minimum atomic E-state index is 0.0134. The molecule has 1 aliphatic heterocycles. The summed E-state index contributed by atoms with van der Waals surface area (Å²) < 4.78 is 0. The second kappa shape index (κ2) is 11.6. The predicted molar refractivity (Wildman–Crippen MR) is 215 cm³/mol. The first-order valence-electron chi connectivity index (χ1n) is 17.9. The number of hydrogen-bond donors (Lipinski definition) is 0. The van der Waals surface area contributed by atoms with E-state index in [2.05, 4.69) is 181 Å². The summed E-state index contributed by atoms with van der Waals surface area (Å²) in [6.07, 6.45) is 5.67. The molecule has 7 aromatic carbocycles. The van der Waals surface area contributed by atoms with Crippen LogP contribution in [0, 0.1) is 0 Å². The van der Waals surface area contributed by atoms with Gasteiger partial charge in [0.05, 0.1) is 11.4 Å². The maximum atomic E-state index is 2.45. The van der Waals surface area contributed by atoms with Gasteiger partial charge < -0.3 is 9.80 Å². The molecule has 2 aliphatic carbocycles. The summed E-state index contributed by atoms with van der Waals surface area (Å²) in [6, 6.07) is 53.6. The van der Waals surface area contributed by atoms with Gasteiger partial charge in [-0.15, -0.1) is 0 Å². The number of fused-ring (bicyclic) bond motifs is 6. The molecule has 0 atom stereocenters. The van der Waals surface area contributed by atoms with Crippen molar-refractivity contribution >= 4 is 61.2 Å². The first kappa shape index (κ1) is 30.2. The van der Waals surface area contributed by atoms with Gasteiger partial charge in [-0.05, 0) is 111 Å². The van der Waals surface area contributed by atoms with E-state index in [0.29, 0.717) is 0 Å². The number of rotatable bonds is 4. The van der Waals surface area contributed by atoms with Crippen LogP contribution in [0.3, 0.4) is 0 Å². The Morgan fingerprint density at radius 2 is 1.28 bits per heavy atom. The van der Waals surface area contributed by atoms with Crippen molar-refractivity contribution in [1.82, 2.24) is 0 Å². The molecule has 0 fully saturated rings. The molecule has 10 rings (SSSR count). The zero-order valence-corrected chi connectivity index (χ0v) is 29.1. The maximum Gasteiger partial charge on any atom is 0.0547 e. The number of para-hydroxylation sites is 1. The van der Waals surface area contributed by atoms with Crippen molar-refractivity contribution in [2.24, 2.45) is 0 Å². The summed E-state index contributed by atoms with van der Waals surface area (Å²) in [7, 11) is 0. The van der Waals surface area contributed by atoms with E-state index in [-0.39, 0.29) is 5.41 Å². The van der Waals surface area contributed by atoms with Gasteiger partial charge in [0.25, 0.3) is 0 Å². The normalized spacial score (nSPS) is 14.7. The molecule has 0 saturated carbocycles. The Morgan fingerprint density at radius 1 is 0.580 bits per heavy atom. The van der Waals surface area contributed by atoms with E-state index in [0.717, 1.165) is 23.5 Å². The Hall–Kier alpha value is -5.86. The van der Waals surface area contributed by atoms with Crippen LogP contribution in [0.5, 0.6) is 0 Å². The van der Waals surface area contributed by atoms with E-state index >= 15 is 0 Å². The highest BCUT2D eigenvalue weighted by Gasteiger charge is 2.38. The average Bonchev–Trinajstić information content (AvgIpc) is 3.75. The second-order valence-corrected chi connectivity index (χ2v) is 13.7. The lowest BCUT2D eigenvalue weighted by atomic mass is 9.80. The third kappa shape index (κ3) is 4.41. The first-order valence-corrected chi connectivity index (χ1v) is 17.9. The van der Waals surface area contributed by atoms with Crippen molar-refractivity contribution in [2.75, 3.05) is 9.80 Å². The van der Waals surface area contributed by atoms with Crippen molar-refractivity contribution in [1.29, 1.82) is 0 Å². The fourth-order valence-electron chi connectivity index (χ4n) is 8.56. The summed E-state index contributed by atoms with van der Waals surface area (Å²) in [5, 5.41) is 5.10. The standard InChI is InChI=1S/C46H34N2.C2H6/c1-46(2)40-19-10-17-37(40)38-27-26-35(29-41(38)46)47(32-14-4-3-5-15-32)33-22-24-34(25-23-33)48-42-20-9-13-31-12-8-18-39(44(31)42)45-36-16-7-6-11-30(36)21-28-43(45)48;1-2/h3-18,20-29H,19H2,1-2H3;1-2H3. The third-order valence-corrected chi connectivity index (χ3v) is 10.8. The molecule has 242 valence electrons. The topological polar surface area (TPSA) is 6.48 Å². The highest BCUT2D eigenvalue weighted by atomic mass is 15.2. The van der Waals surface area contributed by atoms with E-state index in [1.807, 2.05) is 13.8 Å². The molecule has 1 heterocycles. The summed E-state index contributed by atoms with van der Waals surface area (Å²) in [5.41, 5.74) is 15.4. The molecule has 7 aromatic rings. The Bertz CT molecular complexity index is 2490. The van der Waals surface area contributed by atoms with Crippen LogP contribution in [0.1, 0.15) is 45.2 Å². The maximum absolute atomic E-state index is 2.45. The van der Waals surface area contributed by atoms with Crippen LogP contribution in [0.2, 0.25) is 0 Å². The average molecular weight is 645 g/mol. The van der Waals surface area contributed by atoms with E-state index in [9.17, 15) is 0 Å². The highest BCUT2D eigenvalue weighted by Crippen LogP contribution is 2.54. The third-order valence-electron chi connectivity index (χ3n) is 10.8. The van der Waals surface area contributed by atoms with Gasteiger partial charge in [0, 0.05) is 39.1 Å². The largest absolute Gasteiger partial charge is 0.310 e. The van der Waals surface area contributed by atoms with Crippen LogP contribution >= 0.6 is 0 Å². The van der Waals surface area contributed by atoms with Crippen LogP contribution in [0.4, 0.5) is 34.1 Å². The minimum Gasteiger partial charge on any atom is -0.310 e. The molecule has 2 heteroatoms. The molecular weight excluding hydrogens is 605 g/mol. The summed E-state index contributed by atoms with van der Waals surface area (Å²) >= 11 is 0.